The third kappa shape index (κ3) is 4.39. The summed E-state index contributed by atoms with van der Waals surface area (Å²) in [5.41, 5.74) is 12.3. The number of halogens is 3. The molecule has 3 aromatic heterocycles. The van der Waals surface area contributed by atoms with E-state index in [2.05, 4.69) is 15.0 Å². The van der Waals surface area contributed by atoms with Crippen LogP contribution in [0.1, 0.15) is 18.4 Å². The van der Waals surface area contributed by atoms with Crippen LogP contribution in [-0.2, 0) is 11.0 Å². The van der Waals surface area contributed by atoms with E-state index in [1.54, 1.807) is 11.0 Å². The first-order valence-electron chi connectivity index (χ1n) is 10.4. The van der Waals surface area contributed by atoms with E-state index in [0.717, 1.165) is 6.07 Å². The summed E-state index contributed by atoms with van der Waals surface area (Å²) in [5.74, 6) is 5.46. The van der Waals surface area contributed by atoms with Crippen molar-refractivity contribution in [2.75, 3.05) is 36.2 Å². The Kier molecular flexibility index (Phi) is 6.15. The molecule has 0 saturated carbocycles. The number of anilines is 3. The number of alkyl halides is 3. The fourth-order valence-corrected chi connectivity index (χ4v) is 4.02. The minimum atomic E-state index is -4.67. The lowest BCUT2D eigenvalue weighted by Gasteiger charge is -2.37. The third-order valence-electron chi connectivity index (χ3n) is 5.84. The molecule has 13 heteroatoms. The quantitative estimate of drug-likeness (QED) is 0.323. The molecule has 10 nitrogen and oxygen atoms in total. The molecule has 0 radical (unpaired) electrons. The molecule has 0 unspecified atom stereocenters. The number of amides is 1. The fraction of sp³-hybridized carbons (Fsp3) is 0.333. The van der Waals surface area contributed by atoms with Crippen molar-refractivity contribution >= 4 is 34.1 Å². The smallest absolute Gasteiger partial charge is 0.396 e. The van der Waals surface area contributed by atoms with Crippen molar-refractivity contribution in [2.24, 2.45) is 5.84 Å². The predicted molar refractivity (Wildman–Crippen MR) is 120 cm³/mol. The van der Waals surface area contributed by atoms with Gasteiger partial charge in [0.05, 0.1) is 28.7 Å². The molecular weight excluding hydrogens is 453 g/mol. The zero-order valence-electron chi connectivity index (χ0n) is 18.0. The van der Waals surface area contributed by atoms with Gasteiger partial charge in [0, 0.05) is 30.9 Å². The number of aliphatic hydroxyl groups excluding tert-OH is 1. The van der Waals surface area contributed by atoms with E-state index < -0.39 is 24.2 Å². The Morgan fingerprint density at radius 3 is 2.53 bits per heavy atom. The number of pyridine rings is 3. The van der Waals surface area contributed by atoms with Crippen molar-refractivity contribution in [1.29, 1.82) is 0 Å². The number of fused-ring (bicyclic) bond motifs is 1. The molecule has 4 heterocycles. The SMILES string of the molecule is Nc1cnc2ccc(-c3cnc(N)c(C(F)(F)F)c3)nc2c1N(N)C1CCN(C(=O)CO)CC1. The highest BCUT2D eigenvalue weighted by Gasteiger charge is 2.34. The number of hydrogen-bond donors (Lipinski definition) is 4. The molecule has 1 aliphatic heterocycles. The van der Waals surface area contributed by atoms with Crippen molar-refractivity contribution in [1.82, 2.24) is 19.9 Å². The van der Waals surface area contributed by atoms with Crippen molar-refractivity contribution in [3.05, 3.63) is 36.2 Å². The number of rotatable bonds is 4. The molecule has 3 aromatic rings. The number of aliphatic hydroxyl groups is 1. The number of carbonyl (C=O) groups excluding carboxylic acids is 1. The summed E-state index contributed by atoms with van der Waals surface area (Å²) in [7, 11) is 0. The van der Waals surface area contributed by atoms with Gasteiger partial charge in [0.1, 0.15) is 23.6 Å². The number of hydrogen-bond acceptors (Lipinski definition) is 9. The maximum absolute atomic E-state index is 13.3. The second kappa shape index (κ2) is 8.91. The highest BCUT2D eigenvalue weighted by molar-refractivity contribution is 5.95. The van der Waals surface area contributed by atoms with Crippen molar-refractivity contribution in [2.45, 2.75) is 25.1 Å². The molecule has 7 N–H and O–H groups in total. The second-order valence-electron chi connectivity index (χ2n) is 7.96. The normalized spacial score (nSPS) is 15.0. The number of nitrogens with zero attached hydrogens (tertiary/aromatic N) is 5. The minimum Gasteiger partial charge on any atom is -0.396 e. The molecule has 0 aliphatic carbocycles. The zero-order valence-corrected chi connectivity index (χ0v) is 18.0. The molecule has 1 amide bonds. The predicted octanol–water partition coefficient (Wildman–Crippen LogP) is 1.54. The Morgan fingerprint density at radius 2 is 1.88 bits per heavy atom. The second-order valence-corrected chi connectivity index (χ2v) is 7.96. The van der Waals surface area contributed by atoms with Gasteiger partial charge in [0.2, 0.25) is 5.91 Å². The molecule has 0 spiro atoms. The average Bonchev–Trinajstić information content (AvgIpc) is 2.82. The van der Waals surface area contributed by atoms with Gasteiger partial charge in [-0.15, -0.1) is 0 Å². The van der Waals surface area contributed by atoms with Gasteiger partial charge in [0.25, 0.3) is 0 Å². The first-order valence-corrected chi connectivity index (χ1v) is 10.4. The first-order chi connectivity index (χ1) is 16.1. The Labute approximate surface area is 192 Å². The van der Waals surface area contributed by atoms with Crippen LogP contribution in [0.15, 0.2) is 30.6 Å². The van der Waals surface area contributed by atoms with Crippen LogP contribution in [0, 0.1) is 0 Å². The lowest BCUT2D eigenvalue weighted by Crippen LogP contribution is -2.50. The van der Waals surface area contributed by atoms with Gasteiger partial charge in [-0.1, -0.05) is 0 Å². The standard InChI is InChI=1S/C21H23F3N8O2/c22-21(23,24)13-7-11(8-29-20(13)26)15-1-2-16-18(30-15)19(14(25)9-28-16)32(27)12-3-5-31(6-4-12)17(34)10-33/h1-2,7-9,12,33H,3-6,10,25,27H2,(H2,26,29). The molecule has 0 aromatic carbocycles. The summed E-state index contributed by atoms with van der Waals surface area (Å²) in [6.45, 7) is 0.273. The van der Waals surface area contributed by atoms with Gasteiger partial charge in [0.15, 0.2) is 0 Å². The molecule has 1 aliphatic rings. The van der Waals surface area contributed by atoms with Gasteiger partial charge < -0.3 is 26.5 Å². The maximum Gasteiger partial charge on any atom is 0.419 e. The third-order valence-corrected chi connectivity index (χ3v) is 5.84. The van der Waals surface area contributed by atoms with Crippen molar-refractivity contribution in [3.8, 4) is 11.3 Å². The number of piperidine rings is 1. The topological polar surface area (TPSA) is 161 Å². The number of nitrogen functional groups attached to an aromatic ring is 2. The van der Waals surface area contributed by atoms with Crippen LogP contribution < -0.4 is 22.3 Å². The van der Waals surface area contributed by atoms with Crippen LogP contribution in [0.25, 0.3) is 22.3 Å². The highest BCUT2D eigenvalue weighted by atomic mass is 19.4. The van der Waals surface area contributed by atoms with Crippen LogP contribution in [0.4, 0.5) is 30.4 Å². The molecule has 180 valence electrons. The van der Waals surface area contributed by atoms with E-state index in [9.17, 15) is 18.0 Å². The summed E-state index contributed by atoms with van der Waals surface area (Å²) < 4.78 is 39.9. The maximum atomic E-state index is 13.3. The average molecular weight is 476 g/mol. The number of likely N-dealkylation sites (tertiary alicyclic amines) is 1. The van der Waals surface area contributed by atoms with Gasteiger partial charge >= 0.3 is 6.18 Å². The van der Waals surface area contributed by atoms with Crippen LogP contribution in [0.3, 0.4) is 0 Å². The van der Waals surface area contributed by atoms with E-state index >= 15 is 0 Å². The Hall–Kier alpha value is -3.71. The summed E-state index contributed by atoms with van der Waals surface area (Å²) in [4.78, 5) is 25.7. The van der Waals surface area contributed by atoms with Crippen LogP contribution >= 0.6 is 0 Å². The number of nitrogens with two attached hydrogens (primary N) is 3. The molecule has 4 rings (SSSR count). The monoisotopic (exact) mass is 476 g/mol. The molecule has 34 heavy (non-hydrogen) atoms. The summed E-state index contributed by atoms with van der Waals surface area (Å²) in [5, 5.41) is 10.5. The van der Waals surface area contributed by atoms with E-state index in [1.165, 1.54) is 23.5 Å². The lowest BCUT2D eigenvalue weighted by molar-refractivity contribution is -0.137. The van der Waals surface area contributed by atoms with Crippen LogP contribution in [0.5, 0.6) is 0 Å². The van der Waals surface area contributed by atoms with Crippen molar-refractivity contribution < 1.29 is 23.1 Å². The minimum absolute atomic E-state index is 0.121. The number of carbonyl (C=O) groups is 1. The van der Waals surface area contributed by atoms with Crippen LogP contribution in [-0.4, -0.2) is 56.6 Å². The number of aromatic nitrogens is 3. The largest absolute Gasteiger partial charge is 0.419 e. The van der Waals surface area contributed by atoms with E-state index in [-0.39, 0.29) is 28.9 Å². The molecule has 1 fully saturated rings. The fourth-order valence-electron chi connectivity index (χ4n) is 4.02. The van der Waals surface area contributed by atoms with Gasteiger partial charge in [-0.05, 0) is 31.0 Å². The van der Waals surface area contributed by atoms with E-state index in [4.69, 9.17) is 22.4 Å². The van der Waals surface area contributed by atoms with Gasteiger partial charge in [-0.3, -0.25) is 9.78 Å². The number of hydrazine groups is 1. The molecular formula is C21H23F3N8O2. The highest BCUT2D eigenvalue weighted by Crippen LogP contribution is 2.36. The van der Waals surface area contributed by atoms with Gasteiger partial charge in [-0.2, -0.15) is 13.2 Å². The van der Waals surface area contributed by atoms with Crippen molar-refractivity contribution in [3.63, 3.8) is 0 Å². The lowest BCUT2D eigenvalue weighted by atomic mass is 10.0. The summed E-state index contributed by atoms with van der Waals surface area (Å²) in [6, 6.07) is 3.85. The van der Waals surface area contributed by atoms with E-state index in [0.29, 0.717) is 42.7 Å². The zero-order chi connectivity index (χ0) is 24.6. The molecule has 0 atom stereocenters. The summed E-state index contributed by atoms with van der Waals surface area (Å²) >= 11 is 0. The van der Waals surface area contributed by atoms with Crippen LogP contribution in [0.2, 0.25) is 0 Å². The molecule has 0 bridgehead atoms. The first kappa shape index (κ1) is 23.4. The van der Waals surface area contributed by atoms with Gasteiger partial charge in [-0.25, -0.2) is 15.8 Å². The Morgan fingerprint density at radius 1 is 1.18 bits per heavy atom. The molecule has 1 saturated heterocycles. The van der Waals surface area contributed by atoms with E-state index in [1.807, 2.05) is 0 Å². The Bertz CT molecular complexity index is 1230. The summed E-state index contributed by atoms with van der Waals surface area (Å²) in [6.07, 6.45) is -0.951. The Balaban J connectivity index is 1.71.